The number of amides is 1. The van der Waals surface area contributed by atoms with Gasteiger partial charge in [-0.3, -0.25) is 4.79 Å². The summed E-state index contributed by atoms with van der Waals surface area (Å²) >= 11 is 22.4. The number of nitrogens with zero attached hydrogens (tertiary/aromatic N) is 3. The topological polar surface area (TPSA) is 67.2 Å². The predicted octanol–water partition coefficient (Wildman–Crippen LogP) is 6.03. The fraction of sp³-hybridized carbons (Fsp3) is 0.111. The molecular weight excluding hydrogens is 491 g/mol. The van der Waals surface area contributed by atoms with E-state index in [4.69, 9.17) is 34.8 Å². The SMILES string of the molecule is O=C(CSc1nnc(SCc2ccccc2Cl)s1)NN=Cc1cccc(Cl)c1Cl. The van der Waals surface area contributed by atoms with E-state index in [-0.39, 0.29) is 11.7 Å². The van der Waals surface area contributed by atoms with E-state index in [0.717, 1.165) is 14.9 Å². The van der Waals surface area contributed by atoms with Crippen LogP contribution in [-0.2, 0) is 10.5 Å². The minimum Gasteiger partial charge on any atom is -0.272 e. The Balaban J connectivity index is 1.44. The Morgan fingerprint density at radius 2 is 1.76 bits per heavy atom. The normalized spacial score (nSPS) is 11.1. The quantitative estimate of drug-likeness (QED) is 0.231. The summed E-state index contributed by atoms with van der Waals surface area (Å²) < 4.78 is 1.53. The van der Waals surface area contributed by atoms with Crippen LogP contribution in [0, 0.1) is 0 Å². The number of thioether (sulfide) groups is 2. The van der Waals surface area contributed by atoms with Crippen molar-refractivity contribution in [1.82, 2.24) is 15.6 Å². The summed E-state index contributed by atoms with van der Waals surface area (Å²) in [5, 5.41) is 13.7. The maximum atomic E-state index is 11.9. The number of carbonyl (C=O) groups excluding carboxylic acids is 1. The van der Waals surface area contributed by atoms with Crippen molar-refractivity contribution in [3.63, 3.8) is 0 Å². The Morgan fingerprint density at radius 3 is 2.55 bits per heavy atom. The van der Waals surface area contributed by atoms with E-state index < -0.39 is 0 Å². The number of rotatable bonds is 8. The van der Waals surface area contributed by atoms with Gasteiger partial charge in [-0.2, -0.15) is 5.10 Å². The first-order chi connectivity index (χ1) is 14.0. The molecule has 0 saturated carbocycles. The smallest absolute Gasteiger partial charge is 0.250 e. The Bertz CT molecular complexity index is 1030. The van der Waals surface area contributed by atoms with Crippen LogP contribution in [0.15, 0.2) is 56.2 Å². The maximum absolute atomic E-state index is 11.9. The fourth-order valence-electron chi connectivity index (χ4n) is 2.02. The van der Waals surface area contributed by atoms with Gasteiger partial charge in [-0.1, -0.05) is 100.0 Å². The molecule has 0 aliphatic rings. The van der Waals surface area contributed by atoms with Crippen molar-refractivity contribution >= 4 is 81.8 Å². The molecule has 0 fully saturated rings. The third-order valence-electron chi connectivity index (χ3n) is 3.40. The molecule has 3 rings (SSSR count). The summed E-state index contributed by atoms with van der Waals surface area (Å²) in [6.07, 6.45) is 1.45. The van der Waals surface area contributed by atoms with Crippen LogP contribution in [0.1, 0.15) is 11.1 Å². The van der Waals surface area contributed by atoms with E-state index in [0.29, 0.717) is 25.7 Å². The van der Waals surface area contributed by atoms with Crippen LogP contribution in [0.25, 0.3) is 0 Å². The molecule has 1 N–H and O–H groups in total. The van der Waals surface area contributed by atoms with Crippen LogP contribution in [-0.4, -0.2) is 28.1 Å². The van der Waals surface area contributed by atoms with Crippen molar-refractivity contribution in [3.05, 3.63) is 68.7 Å². The molecule has 0 atom stereocenters. The molecule has 150 valence electrons. The van der Waals surface area contributed by atoms with Crippen molar-refractivity contribution in [3.8, 4) is 0 Å². The molecule has 11 heteroatoms. The van der Waals surface area contributed by atoms with E-state index in [2.05, 4.69) is 20.7 Å². The van der Waals surface area contributed by atoms with Crippen LogP contribution >= 0.6 is 69.7 Å². The van der Waals surface area contributed by atoms with Crippen molar-refractivity contribution in [1.29, 1.82) is 0 Å². The van der Waals surface area contributed by atoms with Gasteiger partial charge in [0, 0.05) is 16.3 Å². The molecule has 5 nitrogen and oxygen atoms in total. The molecule has 0 radical (unpaired) electrons. The van der Waals surface area contributed by atoms with Gasteiger partial charge in [0.15, 0.2) is 8.68 Å². The second-order valence-corrected chi connectivity index (χ2v) is 10.1. The van der Waals surface area contributed by atoms with E-state index in [1.165, 1.54) is 29.3 Å². The Hall–Kier alpha value is -1.29. The molecule has 1 heterocycles. The molecule has 0 saturated heterocycles. The Morgan fingerprint density at radius 1 is 1.03 bits per heavy atom. The van der Waals surface area contributed by atoms with Crippen molar-refractivity contribution in [2.45, 2.75) is 14.4 Å². The fourth-order valence-corrected chi connectivity index (χ4v) is 5.48. The van der Waals surface area contributed by atoms with E-state index in [9.17, 15) is 4.79 Å². The summed E-state index contributed by atoms with van der Waals surface area (Å²) in [5.41, 5.74) is 4.12. The number of carbonyl (C=O) groups is 1. The molecule has 0 aliphatic carbocycles. The van der Waals surface area contributed by atoms with Gasteiger partial charge in [0.1, 0.15) is 0 Å². The number of halogens is 3. The first-order valence-electron chi connectivity index (χ1n) is 8.11. The monoisotopic (exact) mass is 502 g/mol. The zero-order valence-corrected chi connectivity index (χ0v) is 19.4. The first-order valence-corrected chi connectivity index (χ1v) is 12.0. The van der Waals surface area contributed by atoms with Gasteiger partial charge in [-0.15, -0.1) is 10.2 Å². The second-order valence-electron chi connectivity index (χ2n) is 5.44. The third-order valence-corrected chi connectivity index (χ3v) is 7.84. The minimum atomic E-state index is -0.259. The van der Waals surface area contributed by atoms with Gasteiger partial charge in [0.2, 0.25) is 0 Å². The van der Waals surface area contributed by atoms with E-state index in [1.807, 2.05) is 24.3 Å². The van der Waals surface area contributed by atoms with Gasteiger partial charge in [0.05, 0.1) is 22.0 Å². The Kier molecular flexibility index (Phi) is 8.65. The molecule has 1 aromatic heterocycles. The molecule has 0 bridgehead atoms. The summed E-state index contributed by atoms with van der Waals surface area (Å²) in [5.74, 6) is 0.620. The highest BCUT2D eigenvalue weighted by Gasteiger charge is 2.09. The van der Waals surface area contributed by atoms with Crippen LogP contribution in [0.4, 0.5) is 0 Å². The second kappa shape index (κ2) is 11.2. The van der Waals surface area contributed by atoms with Crippen LogP contribution in [0.3, 0.4) is 0 Å². The summed E-state index contributed by atoms with van der Waals surface area (Å²) in [6, 6.07) is 12.9. The van der Waals surface area contributed by atoms with Gasteiger partial charge < -0.3 is 0 Å². The van der Waals surface area contributed by atoms with Crippen LogP contribution in [0.5, 0.6) is 0 Å². The predicted molar refractivity (Wildman–Crippen MR) is 124 cm³/mol. The molecule has 0 unspecified atom stereocenters. The van der Waals surface area contributed by atoms with E-state index >= 15 is 0 Å². The molecule has 1 amide bonds. The zero-order valence-electron chi connectivity index (χ0n) is 14.6. The van der Waals surface area contributed by atoms with Crippen molar-refractivity contribution in [2.24, 2.45) is 5.10 Å². The lowest BCUT2D eigenvalue weighted by atomic mass is 10.2. The third kappa shape index (κ3) is 6.87. The summed E-state index contributed by atoms with van der Waals surface area (Å²) in [6.45, 7) is 0. The van der Waals surface area contributed by atoms with Gasteiger partial charge in [-0.05, 0) is 17.7 Å². The molecule has 2 aromatic carbocycles. The minimum absolute atomic E-state index is 0.171. The van der Waals surface area contributed by atoms with Crippen molar-refractivity contribution < 1.29 is 4.79 Å². The number of benzene rings is 2. The number of aromatic nitrogens is 2. The summed E-state index contributed by atoms with van der Waals surface area (Å²) in [7, 11) is 0. The first kappa shape index (κ1) is 22.4. The van der Waals surface area contributed by atoms with E-state index in [1.54, 1.807) is 30.0 Å². The number of hydrogen-bond donors (Lipinski definition) is 1. The van der Waals surface area contributed by atoms with Crippen molar-refractivity contribution in [2.75, 3.05) is 5.75 Å². The lowest BCUT2D eigenvalue weighted by molar-refractivity contribution is -0.118. The molecule has 3 aromatic rings. The number of hydrogen-bond acceptors (Lipinski definition) is 7. The van der Waals surface area contributed by atoms with Gasteiger partial charge >= 0.3 is 0 Å². The molecule has 0 aliphatic heterocycles. The zero-order chi connectivity index (χ0) is 20.6. The Labute approximate surface area is 195 Å². The highest BCUT2D eigenvalue weighted by molar-refractivity contribution is 8.03. The lowest BCUT2D eigenvalue weighted by Gasteiger charge is -2.01. The van der Waals surface area contributed by atoms with Gasteiger partial charge in [-0.25, -0.2) is 5.43 Å². The molecular formula is C18H13Cl3N4OS3. The van der Waals surface area contributed by atoms with Gasteiger partial charge in [0.25, 0.3) is 5.91 Å². The van der Waals surface area contributed by atoms with Crippen LogP contribution < -0.4 is 5.43 Å². The summed E-state index contributed by atoms with van der Waals surface area (Å²) in [4.78, 5) is 11.9. The maximum Gasteiger partial charge on any atom is 0.250 e. The molecule has 0 spiro atoms. The lowest BCUT2D eigenvalue weighted by Crippen LogP contribution is -2.19. The number of hydrazone groups is 1. The average Bonchev–Trinajstić information content (AvgIpc) is 3.17. The highest BCUT2D eigenvalue weighted by atomic mass is 35.5. The standard InChI is InChI=1S/C18H13Cl3N4OS3/c19-13-6-2-1-4-12(13)9-27-17-24-25-18(29-17)28-10-15(26)23-22-8-11-5-3-7-14(20)16(11)21/h1-8H,9-10H2,(H,23,26). The molecule has 29 heavy (non-hydrogen) atoms. The highest BCUT2D eigenvalue weighted by Crippen LogP contribution is 2.32. The largest absolute Gasteiger partial charge is 0.272 e. The average molecular weight is 504 g/mol. The van der Waals surface area contributed by atoms with Crippen LogP contribution in [0.2, 0.25) is 15.1 Å². The number of nitrogens with one attached hydrogen (secondary N) is 1.